The Morgan fingerprint density at radius 2 is 1.74 bits per heavy atom. The van der Waals surface area contributed by atoms with Crippen molar-refractivity contribution in [3.63, 3.8) is 0 Å². The number of hydrogen-bond acceptors (Lipinski definition) is 8. The molecule has 1 heterocycles. The Morgan fingerprint density at radius 3 is 2.32 bits per heavy atom. The largest absolute Gasteiger partial charge is 0.371 e. The van der Waals surface area contributed by atoms with Crippen molar-refractivity contribution in [1.82, 2.24) is 9.80 Å². The van der Waals surface area contributed by atoms with Gasteiger partial charge < -0.3 is 9.80 Å². The van der Waals surface area contributed by atoms with Gasteiger partial charge in [0.05, 0.1) is 46.2 Å². The maximum absolute atomic E-state index is 13.8. The Morgan fingerprint density at radius 1 is 1.03 bits per heavy atom. The summed E-state index contributed by atoms with van der Waals surface area (Å²) in [6, 6.07) is 14.5. The van der Waals surface area contributed by atoms with Gasteiger partial charge in [-0.2, -0.15) is 11.2 Å². The number of benzene rings is 2. The molecule has 174 valence electrons. The van der Waals surface area contributed by atoms with Gasteiger partial charge in [0.25, 0.3) is 5.91 Å². The molecule has 0 aromatic heterocycles. The summed E-state index contributed by atoms with van der Waals surface area (Å²) in [5, 5.41) is 9.46. The molecule has 2 N–H and O–H groups in total. The van der Waals surface area contributed by atoms with Crippen LogP contribution in [0.15, 0.2) is 58.5 Å². The summed E-state index contributed by atoms with van der Waals surface area (Å²) in [6.45, 7) is 7.60. The lowest BCUT2D eigenvalue weighted by molar-refractivity contribution is -0.195. The van der Waals surface area contributed by atoms with Crippen molar-refractivity contribution >= 4 is 35.1 Å². The lowest BCUT2D eigenvalue weighted by Crippen LogP contribution is -2.31. The van der Waals surface area contributed by atoms with Crippen LogP contribution in [0.1, 0.15) is 47.8 Å². The van der Waals surface area contributed by atoms with Crippen LogP contribution in [-0.4, -0.2) is 41.1 Å². The van der Waals surface area contributed by atoms with Gasteiger partial charge in [-0.3, -0.25) is 9.59 Å². The monoisotopic (exact) mass is 476 g/mol. The summed E-state index contributed by atoms with van der Waals surface area (Å²) < 4.78 is 4.70. The summed E-state index contributed by atoms with van der Waals surface area (Å²) in [5.74, 6) is 4.47. The minimum absolute atomic E-state index is 0.214. The van der Waals surface area contributed by atoms with E-state index in [4.69, 9.17) is 10.2 Å². The first-order chi connectivity index (χ1) is 16.5. The van der Waals surface area contributed by atoms with Crippen LogP contribution in [0.2, 0.25) is 0 Å². The van der Waals surface area contributed by atoms with Gasteiger partial charge in [0.1, 0.15) is 0 Å². The minimum atomic E-state index is -0.219. The van der Waals surface area contributed by atoms with E-state index in [0.717, 1.165) is 22.5 Å². The Bertz CT molecular complexity index is 1260. The molecule has 2 aromatic carbocycles. The van der Waals surface area contributed by atoms with E-state index in [1.54, 1.807) is 35.2 Å². The highest BCUT2D eigenvalue weighted by Gasteiger charge is 2.45. The molecule has 0 saturated heterocycles. The van der Waals surface area contributed by atoms with Crippen LogP contribution in [0.3, 0.4) is 0 Å². The second-order valence-corrected chi connectivity index (χ2v) is 8.42. The smallest absolute Gasteiger partial charge is 0.261 e. The maximum Gasteiger partial charge on any atom is 0.261 e. The molecule has 34 heavy (non-hydrogen) atoms. The Labute approximate surface area is 202 Å². The molecule has 4 rings (SSSR count). The fourth-order valence-corrected chi connectivity index (χ4v) is 4.88. The normalized spacial score (nSPS) is 15.0. The number of carbonyl (C=O) groups is 2. The van der Waals surface area contributed by atoms with Crippen LogP contribution >= 0.6 is 12.0 Å². The summed E-state index contributed by atoms with van der Waals surface area (Å²) in [7, 11) is 0. The van der Waals surface area contributed by atoms with Crippen molar-refractivity contribution in [3.05, 3.63) is 75.9 Å². The molecule has 0 unspecified atom stereocenters. The number of nitriles is 1. The highest BCUT2D eigenvalue weighted by Crippen LogP contribution is 2.46. The molecular weight excluding hydrogens is 452 g/mol. The van der Waals surface area contributed by atoms with Crippen LogP contribution < -0.4 is 5.90 Å². The predicted molar refractivity (Wildman–Crippen MR) is 128 cm³/mol. The van der Waals surface area contributed by atoms with Crippen molar-refractivity contribution in [2.45, 2.75) is 25.7 Å². The summed E-state index contributed by atoms with van der Waals surface area (Å²) in [4.78, 5) is 36.2. The molecule has 9 heteroatoms. The Balaban J connectivity index is 2.00. The predicted octanol–water partition coefficient (Wildman–Crippen LogP) is 3.91. The number of nitrogens with zero attached hydrogens (tertiary/aromatic N) is 3. The summed E-state index contributed by atoms with van der Waals surface area (Å²) in [6.07, 6.45) is 0. The number of rotatable bonds is 8. The number of ketones is 1. The number of carbonyl (C=O) groups excluding carboxylic acids is 2. The van der Waals surface area contributed by atoms with Crippen molar-refractivity contribution in [2.75, 3.05) is 19.6 Å². The zero-order valence-electron chi connectivity index (χ0n) is 19.1. The number of amides is 1. The van der Waals surface area contributed by atoms with Crippen LogP contribution in [0, 0.1) is 11.3 Å². The Hall–Kier alpha value is -3.42. The highest BCUT2D eigenvalue weighted by molar-refractivity contribution is 7.94. The average molecular weight is 477 g/mol. The van der Waals surface area contributed by atoms with Crippen LogP contribution in [-0.2, 0) is 14.1 Å². The molecule has 2 aliphatic rings. The standard InChI is InChI=1S/C25H24N4O4S/c1-4-28(5-2)23-19-13-15(14-26)7-12-18(19)24(30)20-21(23)25(31)29(6-3)22(20)16-8-10-17(11-9-16)34-33-32-27/h7-13H,4-6,27H2,1-3H3. The fraction of sp³-hybridized carbons (Fsp3) is 0.240. The topological polar surface area (TPSA) is 109 Å². The number of likely N-dealkylation sites (N-methyl/N-ethyl adjacent to an activating group) is 1. The molecule has 0 atom stereocenters. The van der Waals surface area contributed by atoms with E-state index < -0.39 is 0 Å². The van der Waals surface area contributed by atoms with Gasteiger partial charge >= 0.3 is 0 Å². The van der Waals surface area contributed by atoms with E-state index in [9.17, 15) is 14.9 Å². The van der Waals surface area contributed by atoms with E-state index >= 15 is 0 Å². The summed E-state index contributed by atoms with van der Waals surface area (Å²) >= 11 is 0.953. The second-order valence-electron chi connectivity index (χ2n) is 7.64. The van der Waals surface area contributed by atoms with Gasteiger partial charge in [0.15, 0.2) is 5.78 Å². The van der Waals surface area contributed by atoms with E-state index in [1.807, 2.05) is 32.9 Å². The molecular formula is C25H24N4O4S. The molecule has 1 aliphatic carbocycles. The quantitative estimate of drug-likeness (QED) is 0.347. The molecule has 8 nitrogen and oxygen atoms in total. The summed E-state index contributed by atoms with van der Waals surface area (Å²) in [5.41, 5.74) is 4.37. The molecule has 0 saturated carbocycles. The van der Waals surface area contributed by atoms with Crippen LogP contribution in [0.25, 0.3) is 11.4 Å². The van der Waals surface area contributed by atoms with Crippen molar-refractivity contribution in [2.24, 2.45) is 5.90 Å². The minimum Gasteiger partial charge on any atom is -0.371 e. The third-order valence-corrected chi connectivity index (χ3v) is 6.63. The van der Waals surface area contributed by atoms with Gasteiger partial charge in [0.2, 0.25) is 0 Å². The lowest BCUT2D eigenvalue weighted by Gasteiger charge is -2.31. The van der Waals surface area contributed by atoms with Crippen molar-refractivity contribution in [1.29, 1.82) is 5.26 Å². The first kappa shape index (κ1) is 23.7. The molecule has 0 spiro atoms. The molecule has 1 aliphatic heterocycles. The molecule has 2 aromatic rings. The fourth-order valence-electron chi connectivity index (χ4n) is 4.51. The van der Waals surface area contributed by atoms with E-state index in [1.165, 1.54) is 0 Å². The number of nitrogens with two attached hydrogens (primary N) is 1. The Kier molecular flexibility index (Phi) is 6.86. The highest BCUT2D eigenvalue weighted by atomic mass is 32.2. The lowest BCUT2D eigenvalue weighted by atomic mass is 9.82. The maximum atomic E-state index is 13.8. The number of Topliss-reactive ketones (excluding diaryl/α,β-unsaturated/α-hetero) is 1. The van der Waals surface area contributed by atoms with Gasteiger partial charge in [0, 0.05) is 35.7 Å². The van der Waals surface area contributed by atoms with Gasteiger partial charge in [-0.05, 0) is 56.7 Å². The zero-order valence-corrected chi connectivity index (χ0v) is 19.9. The number of fused-ring (bicyclic) bond motifs is 2. The van der Waals surface area contributed by atoms with Gasteiger partial charge in [-0.15, -0.1) is 9.32 Å². The molecule has 0 bridgehead atoms. The molecule has 0 radical (unpaired) electrons. The molecule has 1 amide bonds. The molecule has 0 fully saturated rings. The van der Waals surface area contributed by atoms with Crippen LogP contribution in [0.4, 0.5) is 0 Å². The average Bonchev–Trinajstić information content (AvgIpc) is 3.17. The number of hydrogen-bond donors (Lipinski definition) is 1. The van der Waals surface area contributed by atoms with Crippen molar-refractivity contribution < 1.29 is 18.9 Å². The third kappa shape index (κ3) is 3.81. The first-order valence-corrected chi connectivity index (χ1v) is 11.7. The second kappa shape index (κ2) is 9.83. The van der Waals surface area contributed by atoms with E-state index in [-0.39, 0.29) is 11.7 Å². The van der Waals surface area contributed by atoms with Gasteiger partial charge in [-0.1, -0.05) is 12.1 Å². The van der Waals surface area contributed by atoms with E-state index in [2.05, 4.69) is 16.0 Å². The zero-order chi connectivity index (χ0) is 24.4. The first-order valence-electron chi connectivity index (χ1n) is 11.0. The van der Waals surface area contributed by atoms with Crippen LogP contribution in [0.5, 0.6) is 0 Å². The van der Waals surface area contributed by atoms with Crippen molar-refractivity contribution in [3.8, 4) is 6.07 Å². The van der Waals surface area contributed by atoms with Gasteiger partial charge in [-0.25, -0.2) is 0 Å². The SMILES string of the molecule is CCN(CC)C1=C2C(=O)N(CC)C(c3ccc(SOON)cc3)=C2C(=O)c2ccc(C#N)cc21. The van der Waals surface area contributed by atoms with E-state index in [0.29, 0.717) is 58.9 Å². The third-order valence-electron chi connectivity index (χ3n) is 6.02.